The van der Waals surface area contributed by atoms with Crippen LogP contribution in [0.5, 0.6) is 5.75 Å². The Hall–Kier alpha value is -4.04. The number of carbonyl (C=O) groups excluding carboxylic acids is 1. The van der Waals surface area contributed by atoms with Crippen molar-refractivity contribution in [1.29, 1.82) is 0 Å². The van der Waals surface area contributed by atoms with Crippen LogP contribution >= 0.6 is 0 Å². The van der Waals surface area contributed by atoms with Gasteiger partial charge in [-0.1, -0.05) is 43.0 Å². The van der Waals surface area contributed by atoms with E-state index in [1.165, 1.54) is 24.3 Å². The normalized spacial score (nSPS) is 18.5. The number of aromatic nitrogens is 2. The molecule has 8 heteroatoms. The van der Waals surface area contributed by atoms with Gasteiger partial charge in [0.1, 0.15) is 17.4 Å². The highest BCUT2D eigenvalue weighted by molar-refractivity contribution is 5.95. The molecule has 1 amide bonds. The summed E-state index contributed by atoms with van der Waals surface area (Å²) in [4.78, 5) is 18.1. The number of methoxy groups -OCH3 is 1. The Morgan fingerprint density at radius 1 is 1.02 bits per heavy atom. The molecular formula is C33H36F2N4O2. The van der Waals surface area contributed by atoms with Crippen LogP contribution in [0.25, 0.3) is 5.69 Å². The number of benzene rings is 2. The number of hydrogen-bond acceptors (Lipinski definition) is 4. The second-order valence-corrected chi connectivity index (χ2v) is 10.6. The number of nitrogens with zero attached hydrogens (tertiary/aromatic N) is 4. The molecule has 5 rings (SSSR count). The molecule has 0 saturated carbocycles. The van der Waals surface area contributed by atoms with E-state index in [-0.39, 0.29) is 23.5 Å². The van der Waals surface area contributed by atoms with Gasteiger partial charge in [0, 0.05) is 37.2 Å². The van der Waals surface area contributed by atoms with Crippen molar-refractivity contribution in [2.45, 2.75) is 31.7 Å². The van der Waals surface area contributed by atoms with Gasteiger partial charge in [-0.15, -0.1) is 0 Å². The van der Waals surface area contributed by atoms with E-state index in [0.717, 1.165) is 49.3 Å². The number of likely N-dealkylation sites (tertiary alicyclic amines) is 2. The summed E-state index contributed by atoms with van der Waals surface area (Å²) in [6.45, 7) is 7.31. The predicted octanol–water partition coefficient (Wildman–Crippen LogP) is 6.30. The molecule has 2 aromatic carbocycles. The average Bonchev–Trinajstić information content (AvgIpc) is 3.65. The van der Waals surface area contributed by atoms with E-state index in [2.05, 4.69) is 22.7 Å². The fourth-order valence-corrected chi connectivity index (χ4v) is 5.82. The fourth-order valence-electron chi connectivity index (χ4n) is 5.82. The molecule has 6 nitrogen and oxygen atoms in total. The Morgan fingerprint density at radius 2 is 1.78 bits per heavy atom. The van der Waals surface area contributed by atoms with Crippen LogP contribution in [-0.4, -0.2) is 58.8 Å². The van der Waals surface area contributed by atoms with Crippen LogP contribution in [0.2, 0.25) is 0 Å². The van der Waals surface area contributed by atoms with Gasteiger partial charge in [-0.2, -0.15) is 5.10 Å². The lowest BCUT2D eigenvalue weighted by atomic mass is 9.90. The summed E-state index contributed by atoms with van der Waals surface area (Å²) in [5.74, 6) is 0.308. The Balaban J connectivity index is 1.35. The van der Waals surface area contributed by atoms with E-state index < -0.39 is 0 Å². The molecule has 3 aromatic rings. The molecule has 41 heavy (non-hydrogen) atoms. The molecule has 0 spiro atoms. The summed E-state index contributed by atoms with van der Waals surface area (Å²) in [5.41, 5.74) is 3.17. The maximum Gasteiger partial charge on any atom is 0.257 e. The van der Waals surface area contributed by atoms with Gasteiger partial charge >= 0.3 is 0 Å². The van der Waals surface area contributed by atoms with Crippen LogP contribution in [-0.2, 0) is 6.54 Å². The van der Waals surface area contributed by atoms with Gasteiger partial charge in [0.2, 0.25) is 0 Å². The standard InChI is InChI=1S/C33H36F2N4O2/c1-3-4-5-6-7-24-14-19-38(22-24)33(40)30-21-36-39(29-12-10-27(34)11-13-29)32(30)25-15-17-37(18-16-25)23-26-8-9-28(35)20-31(26)41-2/h3-13,20-21,24-25H,1,14-19,22-23H2,2H3. The van der Waals surface area contributed by atoms with Crippen molar-refractivity contribution in [2.75, 3.05) is 33.3 Å². The molecule has 2 saturated heterocycles. The zero-order chi connectivity index (χ0) is 28.8. The smallest absolute Gasteiger partial charge is 0.257 e. The topological polar surface area (TPSA) is 50.6 Å². The first-order chi connectivity index (χ1) is 20.0. The maximum atomic E-state index is 13.8. The van der Waals surface area contributed by atoms with Gasteiger partial charge in [0.15, 0.2) is 0 Å². The molecule has 2 aliphatic rings. The van der Waals surface area contributed by atoms with Gasteiger partial charge in [-0.3, -0.25) is 9.69 Å². The minimum Gasteiger partial charge on any atom is -0.496 e. The summed E-state index contributed by atoms with van der Waals surface area (Å²) in [7, 11) is 1.55. The molecule has 2 aliphatic heterocycles. The number of hydrogen-bond donors (Lipinski definition) is 0. The summed E-state index contributed by atoms with van der Waals surface area (Å²) in [5, 5.41) is 4.64. The number of ether oxygens (including phenoxy) is 1. The number of halogens is 2. The summed E-state index contributed by atoms with van der Waals surface area (Å²) < 4.78 is 34.6. The van der Waals surface area contributed by atoms with Crippen molar-refractivity contribution >= 4 is 5.91 Å². The van der Waals surface area contributed by atoms with Crippen molar-refractivity contribution in [1.82, 2.24) is 19.6 Å². The summed E-state index contributed by atoms with van der Waals surface area (Å²) in [6.07, 6.45) is 14.0. The van der Waals surface area contributed by atoms with Crippen LogP contribution in [0.3, 0.4) is 0 Å². The number of rotatable bonds is 9. The number of piperidine rings is 1. The molecule has 3 heterocycles. The highest BCUT2D eigenvalue weighted by Gasteiger charge is 2.33. The Labute approximate surface area is 240 Å². The number of allylic oxidation sites excluding steroid dienone is 4. The molecule has 2 fully saturated rings. The summed E-state index contributed by atoms with van der Waals surface area (Å²) >= 11 is 0. The molecule has 1 atom stereocenters. The van der Waals surface area contributed by atoms with E-state index >= 15 is 0 Å². The predicted molar refractivity (Wildman–Crippen MR) is 156 cm³/mol. The van der Waals surface area contributed by atoms with Crippen LogP contribution < -0.4 is 4.74 Å². The zero-order valence-corrected chi connectivity index (χ0v) is 23.4. The molecule has 0 bridgehead atoms. The lowest BCUT2D eigenvalue weighted by molar-refractivity contribution is 0.0786. The van der Waals surface area contributed by atoms with Crippen molar-refractivity contribution in [3.8, 4) is 11.4 Å². The maximum absolute atomic E-state index is 13.8. The molecule has 1 aromatic heterocycles. The van der Waals surface area contributed by atoms with Crippen molar-refractivity contribution in [3.05, 3.63) is 114 Å². The zero-order valence-electron chi connectivity index (χ0n) is 23.4. The Morgan fingerprint density at radius 3 is 2.51 bits per heavy atom. The van der Waals surface area contributed by atoms with Crippen LogP contribution in [0.1, 0.15) is 46.8 Å². The molecule has 214 valence electrons. The van der Waals surface area contributed by atoms with E-state index in [9.17, 15) is 13.6 Å². The highest BCUT2D eigenvalue weighted by atomic mass is 19.1. The minimum atomic E-state index is -0.319. The lowest BCUT2D eigenvalue weighted by Gasteiger charge is -2.33. The Kier molecular flexibility index (Phi) is 9.09. The van der Waals surface area contributed by atoms with Crippen molar-refractivity contribution < 1.29 is 18.3 Å². The van der Waals surface area contributed by atoms with E-state index in [0.29, 0.717) is 36.9 Å². The minimum absolute atomic E-state index is 0.00984. The van der Waals surface area contributed by atoms with E-state index in [1.807, 2.05) is 27.8 Å². The third kappa shape index (κ3) is 6.65. The third-order valence-electron chi connectivity index (χ3n) is 7.98. The molecular weight excluding hydrogens is 522 g/mol. The van der Waals surface area contributed by atoms with Crippen LogP contribution in [0.15, 0.2) is 85.6 Å². The number of amides is 1. The Bertz CT molecular complexity index is 1420. The second kappa shape index (κ2) is 13.1. The van der Waals surface area contributed by atoms with Crippen molar-refractivity contribution in [3.63, 3.8) is 0 Å². The highest BCUT2D eigenvalue weighted by Crippen LogP contribution is 2.34. The van der Waals surface area contributed by atoms with Gasteiger partial charge in [0.05, 0.1) is 30.3 Å². The van der Waals surface area contributed by atoms with Gasteiger partial charge in [-0.25, -0.2) is 13.5 Å². The van der Waals surface area contributed by atoms with E-state index in [1.54, 1.807) is 37.6 Å². The second-order valence-electron chi connectivity index (χ2n) is 10.6. The monoisotopic (exact) mass is 558 g/mol. The molecule has 1 unspecified atom stereocenters. The largest absolute Gasteiger partial charge is 0.496 e. The SMILES string of the molecule is C=CC=CC=CC1CCN(C(=O)c2cnn(-c3ccc(F)cc3)c2C2CCN(Cc3ccc(F)cc3OC)CC2)C1. The van der Waals surface area contributed by atoms with E-state index in [4.69, 9.17) is 4.74 Å². The first kappa shape index (κ1) is 28.5. The first-order valence-electron chi connectivity index (χ1n) is 14.1. The molecule has 0 radical (unpaired) electrons. The van der Waals surface area contributed by atoms with Crippen molar-refractivity contribution in [2.24, 2.45) is 5.92 Å². The third-order valence-corrected chi connectivity index (χ3v) is 7.98. The summed E-state index contributed by atoms with van der Waals surface area (Å²) in [6, 6.07) is 10.9. The fraction of sp³-hybridized carbons (Fsp3) is 0.333. The van der Waals surface area contributed by atoms with Gasteiger partial charge in [0.25, 0.3) is 5.91 Å². The van der Waals surface area contributed by atoms with Gasteiger partial charge in [-0.05, 0) is 68.6 Å². The number of carbonyl (C=O) groups is 1. The molecule has 0 aliphatic carbocycles. The van der Waals surface area contributed by atoms with Crippen LogP contribution in [0, 0.1) is 17.6 Å². The average molecular weight is 559 g/mol. The first-order valence-corrected chi connectivity index (χ1v) is 14.1. The van der Waals surface area contributed by atoms with Crippen LogP contribution in [0.4, 0.5) is 8.78 Å². The lowest BCUT2D eigenvalue weighted by Crippen LogP contribution is -2.34. The van der Waals surface area contributed by atoms with Gasteiger partial charge < -0.3 is 9.64 Å². The molecule has 0 N–H and O–H groups in total. The quantitative estimate of drug-likeness (QED) is 0.289.